The molecule has 25 heavy (non-hydrogen) atoms. The van der Waals surface area contributed by atoms with Crippen LogP contribution in [0.4, 0.5) is 0 Å². The maximum absolute atomic E-state index is 5.44. The molecule has 0 radical (unpaired) electrons. The number of H-pyrrole nitrogens is 1. The van der Waals surface area contributed by atoms with Gasteiger partial charge in [0.15, 0.2) is 5.16 Å². The number of aromatic nitrogens is 3. The fraction of sp³-hybridized carbons (Fsp3) is 0.875. The first-order chi connectivity index (χ1) is 12.2. The summed E-state index contributed by atoms with van der Waals surface area (Å²) in [5.41, 5.74) is 0. The van der Waals surface area contributed by atoms with Gasteiger partial charge in [0.25, 0.3) is 0 Å². The standard InChI is InChI=1S/C16H33N3O3S2Si/c1-20-25(21-2,22-3)14-12-10-8-6-5-7-9-11-13-24-16-17-15(23-4)18-19-16/h5-14H2,1-4H3,(H,17,18,19). The van der Waals surface area contributed by atoms with E-state index in [1.54, 1.807) is 44.9 Å². The molecule has 0 aliphatic heterocycles. The van der Waals surface area contributed by atoms with Crippen LogP contribution in [-0.2, 0) is 13.3 Å². The van der Waals surface area contributed by atoms with Crippen LogP contribution >= 0.6 is 23.5 Å². The number of aromatic amines is 1. The Morgan fingerprint density at radius 1 is 0.880 bits per heavy atom. The molecule has 1 aromatic rings. The summed E-state index contributed by atoms with van der Waals surface area (Å²) in [5.74, 6) is 1.11. The van der Waals surface area contributed by atoms with Crippen LogP contribution in [0.5, 0.6) is 0 Å². The lowest BCUT2D eigenvalue weighted by atomic mass is 10.1. The largest absolute Gasteiger partial charge is 0.500 e. The summed E-state index contributed by atoms with van der Waals surface area (Å²) in [7, 11) is 2.69. The van der Waals surface area contributed by atoms with Crippen LogP contribution in [0.25, 0.3) is 0 Å². The molecule has 0 unspecified atom stereocenters. The SMILES string of the molecule is CO[Si](CCCCCCCCCCSc1nc(SC)n[nH]1)(OC)OC. The van der Waals surface area contributed by atoms with E-state index >= 15 is 0 Å². The van der Waals surface area contributed by atoms with Crippen LogP contribution in [0.3, 0.4) is 0 Å². The van der Waals surface area contributed by atoms with Crippen LogP contribution in [0, 0.1) is 0 Å². The van der Waals surface area contributed by atoms with Crippen LogP contribution in [-0.4, -0.2) is 57.3 Å². The lowest BCUT2D eigenvalue weighted by Gasteiger charge is -2.24. The fourth-order valence-electron chi connectivity index (χ4n) is 2.62. The van der Waals surface area contributed by atoms with E-state index < -0.39 is 8.80 Å². The van der Waals surface area contributed by atoms with Crippen molar-refractivity contribution in [3.05, 3.63) is 0 Å². The third kappa shape index (κ3) is 9.44. The van der Waals surface area contributed by atoms with E-state index in [9.17, 15) is 0 Å². The average Bonchev–Trinajstić information content (AvgIpc) is 3.11. The molecule has 0 bridgehead atoms. The highest BCUT2D eigenvalue weighted by atomic mass is 32.2. The van der Waals surface area contributed by atoms with E-state index in [0.717, 1.165) is 28.5 Å². The summed E-state index contributed by atoms with van der Waals surface area (Å²) in [6.45, 7) is 0. The second-order valence-corrected chi connectivity index (χ2v) is 10.8. The number of thioether (sulfide) groups is 2. The second kappa shape index (κ2) is 14.1. The molecule has 0 aliphatic rings. The van der Waals surface area contributed by atoms with Crippen molar-refractivity contribution in [3.8, 4) is 0 Å². The fourth-order valence-corrected chi connectivity index (χ4v) is 5.59. The molecule has 0 amide bonds. The van der Waals surface area contributed by atoms with Gasteiger partial charge in [-0.15, -0.1) is 5.10 Å². The Morgan fingerprint density at radius 2 is 1.44 bits per heavy atom. The summed E-state index contributed by atoms with van der Waals surface area (Å²) in [5, 5.41) is 8.84. The lowest BCUT2D eigenvalue weighted by molar-refractivity contribution is 0.122. The van der Waals surface area contributed by atoms with E-state index in [4.69, 9.17) is 13.3 Å². The van der Waals surface area contributed by atoms with Gasteiger partial charge < -0.3 is 13.3 Å². The number of unbranched alkanes of at least 4 members (excludes halogenated alkanes) is 7. The molecule has 1 heterocycles. The minimum atomic E-state index is -2.35. The minimum Gasteiger partial charge on any atom is -0.377 e. The molecule has 1 rings (SSSR count). The van der Waals surface area contributed by atoms with E-state index in [1.807, 2.05) is 6.26 Å². The summed E-state index contributed by atoms with van der Waals surface area (Å²) in [6.07, 6.45) is 12.1. The van der Waals surface area contributed by atoms with Gasteiger partial charge in [-0.3, -0.25) is 5.10 Å². The zero-order valence-corrected chi connectivity index (χ0v) is 18.6. The van der Waals surface area contributed by atoms with Crippen molar-refractivity contribution in [2.75, 3.05) is 33.3 Å². The Labute approximate surface area is 161 Å². The van der Waals surface area contributed by atoms with Crippen LogP contribution < -0.4 is 0 Å². The van der Waals surface area contributed by atoms with Gasteiger partial charge in [0.2, 0.25) is 5.16 Å². The molecular formula is C16H33N3O3S2Si. The smallest absolute Gasteiger partial charge is 0.377 e. The average molecular weight is 408 g/mol. The highest BCUT2D eigenvalue weighted by molar-refractivity contribution is 7.99. The molecule has 1 N–H and O–H groups in total. The Kier molecular flexibility index (Phi) is 12.9. The number of rotatable bonds is 16. The van der Waals surface area contributed by atoms with Gasteiger partial charge >= 0.3 is 8.80 Å². The molecule has 0 aliphatic carbocycles. The predicted octanol–water partition coefficient (Wildman–Crippen LogP) is 4.62. The highest BCUT2D eigenvalue weighted by Crippen LogP contribution is 2.20. The van der Waals surface area contributed by atoms with Gasteiger partial charge in [-0.25, -0.2) is 0 Å². The van der Waals surface area contributed by atoms with Crippen molar-refractivity contribution >= 4 is 32.3 Å². The van der Waals surface area contributed by atoms with Gasteiger partial charge in [-0.05, 0) is 19.1 Å². The Balaban J connectivity index is 1.90. The zero-order chi connectivity index (χ0) is 18.4. The van der Waals surface area contributed by atoms with Crippen LogP contribution in [0.2, 0.25) is 6.04 Å². The third-order valence-electron chi connectivity index (χ3n) is 4.18. The molecule has 0 fully saturated rings. The topological polar surface area (TPSA) is 69.3 Å². The first-order valence-corrected chi connectivity index (χ1v) is 13.1. The molecule has 9 heteroatoms. The predicted molar refractivity (Wildman–Crippen MR) is 107 cm³/mol. The van der Waals surface area contributed by atoms with Crippen LogP contribution in [0.1, 0.15) is 51.4 Å². The first-order valence-electron chi connectivity index (χ1n) is 8.94. The van der Waals surface area contributed by atoms with Crippen molar-refractivity contribution in [2.45, 2.75) is 67.7 Å². The molecule has 1 aromatic heterocycles. The maximum Gasteiger partial charge on any atom is 0.500 e. The molecule has 0 aromatic carbocycles. The van der Waals surface area contributed by atoms with Gasteiger partial charge in [0.1, 0.15) is 0 Å². The second-order valence-electron chi connectivity index (χ2n) is 5.85. The molecular weight excluding hydrogens is 374 g/mol. The van der Waals surface area contributed by atoms with Crippen molar-refractivity contribution < 1.29 is 13.3 Å². The third-order valence-corrected chi connectivity index (χ3v) is 8.50. The van der Waals surface area contributed by atoms with Crippen LogP contribution in [0.15, 0.2) is 10.3 Å². The number of nitrogens with one attached hydrogen (secondary N) is 1. The quantitative estimate of drug-likeness (QED) is 0.244. The summed E-state index contributed by atoms with van der Waals surface area (Å²) < 4.78 is 16.3. The molecule has 146 valence electrons. The summed E-state index contributed by atoms with van der Waals surface area (Å²) >= 11 is 3.33. The Hall–Kier alpha value is -0.0631. The van der Waals surface area contributed by atoms with E-state index in [-0.39, 0.29) is 0 Å². The van der Waals surface area contributed by atoms with Gasteiger partial charge in [0, 0.05) is 33.1 Å². The monoisotopic (exact) mass is 407 g/mol. The van der Waals surface area contributed by atoms with Gasteiger partial charge in [-0.1, -0.05) is 62.0 Å². The van der Waals surface area contributed by atoms with E-state index in [1.165, 1.54) is 44.9 Å². The highest BCUT2D eigenvalue weighted by Gasteiger charge is 2.36. The lowest BCUT2D eigenvalue weighted by Crippen LogP contribution is -2.42. The van der Waals surface area contributed by atoms with Crippen molar-refractivity contribution in [2.24, 2.45) is 0 Å². The molecule has 0 atom stereocenters. The zero-order valence-electron chi connectivity index (χ0n) is 16.0. The Morgan fingerprint density at radius 3 is 1.96 bits per heavy atom. The number of nitrogens with zero attached hydrogens (tertiary/aromatic N) is 2. The molecule has 0 spiro atoms. The Bertz CT molecular complexity index is 440. The summed E-state index contributed by atoms with van der Waals surface area (Å²) in [4.78, 5) is 4.38. The van der Waals surface area contributed by atoms with Crippen molar-refractivity contribution in [1.82, 2.24) is 15.2 Å². The number of hydrogen-bond donors (Lipinski definition) is 1. The van der Waals surface area contributed by atoms with E-state index in [2.05, 4.69) is 15.2 Å². The van der Waals surface area contributed by atoms with Crippen molar-refractivity contribution in [3.63, 3.8) is 0 Å². The van der Waals surface area contributed by atoms with Gasteiger partial charge in [0.05, 0.1) is 0 Å². The van der Waals surface area contributed by atoms with E-state index in [0.29, 0.717) is 0 Å². The van der Waals surface area contributed by atoms with Crippen molar-refractivity contribution in [1.29, 1.82) is 0 Å². The first kappa shape index (κ1) is 23.0. The molecule has 6 nitrogen and oxygen atoms in total. The van der Waals surface area contributed by atoms with Gasteiger partial charge in [-0.2, -0.15) is 4.98 Å². The molecule has 0 saturated heterocycles. The molecule has 0 saturated carbocycles. The minimum absolute atomic E-state index is 0.823. The number of hydrogen-bond acceptors (Lipinski definition) is 7. The normalized spacial score (nSPS) is 12.0. The summed E-state index contributed by atoms with van der Waals surface area (Å²) in [6, 6.07) is 0.910. The maximum atomic E-state index is 5.44.